The molecule has 8 nitrogen and oxygen atoms in total. The number of carbonyl (C=O) groups is 1. The fourth-order valence-corrected chi connectivity index (χ4v) is 4.78. The lowest BCUT2D eigenvalue weighted by Crippen LogP contribution is -2.35. The number of amides is 1. The zero-order valence-electron chi connectivity index (χ0n) is 23.6. The van der Waals surface area contributed by atoms with Gasteiger partial charge in [-0.25, -0.2) is 14.4 Å². The fraction of sp³-hybridized carbons (Fsp3) is 0.219. The first-order valence-corrected chi connectivity index (χ1v) is 13.8. The molecule has 0 bridgehead atoms. The maximum atomic E-state index is 13.9. The highest BCUT2D eigenvalue weighted by Crippen LogP contribution is 2.32. The molecule has 3 heterocycles. The van der Waals surface area contributed by atoms with Crippen molar-refractivity contribution < 1.29 is 27.1 Å². The minimum atomic E-state index is -4.90. The third-order valence-electron chi connectivity index (χ3n) is 6.86. The van der Waals surface area contributed by atoms with Crippen LogP contribution in [0.1, 0.15) is 29.4 Å². The van der Waals surface area contributed by atoms with Crippen molar-refractivity contribution in [1.29, 1.82) is 0 Å². The smallest absolute Gasteiger partial charge is 0.419 e. The van der Waals surface area contributed by atoms with Crippen LogP contribution in [0.3, 0.4) is 0 Å². The molecule has 0 saturated carbocycles. The molecule has 0 spiro atoms. The van der Waals surface area contributed by atoms with E-state index in [0.29, 0.717) is 47.0 Å². The Morgan fingerprint density at radius 3 is 2.48 bits per heavy atom. The van der Waals surface area contributed by atoms with Gasteiger partial charge in [0.05, 0.1) is 29.7 Å². The van der Waals surface area contributed by atoms with Crippen molar-refractivity contribution in [3.8, 4) is 11.4 Å². The van der Waals surface area contributed by atoms with E-state index >= 15 is 0 Å². The fourth-order valence-electron chi connectivity index (χ4n) is 4.78. The van der Waals surface area contributed by atoms with E-state index in [1.165, 1.54) is 15.7 Å². The molecule has 0 atom stereocenters. The van der Waals surface area contributed by atoms with Gasteiger partial charge in [0.25, 0.3) is 5.56 Å². The van der Waals surface area contributed by atoms with Crippen LogP contribution in [0.4, 0.5) is 17.6 Å². The van der Waals surface area contributed by atoms with Crippen LogP contribution in [0.25, 0.3) is 16.7 Å². The molecule has 44 heavy (non-hydrogen) atoms. The summed E-state index contributed by atoms with van der Waals surface area (Å²) in [5, 5.41) is 0.310. The van der Waals surface area contributed by atoms with Crippen molar-refractivity contribution in [2.75, 3.05) is 13.2 Å². The first kappa shape index (κ1) is 30.3. The Morgan fingerprint density at radius 2 is 1.77 bits per heavy atom. The van der Waals surface area contributed by atoms with Gasteiger partial charge < -0.3 is 9.64 Å². The van der Waals surface area contributed by atoms with E-state index in [-0.39, 0.29) is 36.3 Å². The SMILES string of the molecule is CCOc1ccc(-n2c(CCN(Cc3cccnc3)C(=O)Cc3ccc(F)c(C(F)(F)F)c3)nc3ncccc3c2=O)cc1. The average molecular weight is 606 g/mol. The monoisotopic (exact) mass is 605 g/mol. The number of hydrogen-bond donors (Lipinski definition) is 0. The van der Waals surface area contributed by atoms with E-state index in [0.717, 1.165) is 6.07 Å². The van der Waals surface area contributed by atoms with Gasteiger partial charge in [0, 0.05) is 38.1 Å². The summed E-state index contributed by atoms with van der Waals surface area (Å²) in [5.41, 5.74) is -0.312. The standard InChI is InChI=1S/C32H27F4N5O3/c1-2-44-24-10-8-23(9-11-24)41-28(39-30-25(31(41)43)6-4-15-38-30)13-16-40(20-22-5-3-14-37-19-22)29(42)18-21-7-12-27(33)26(17-21)32(34,35)36/h3-12,14-15,17,19H,2,13,16,18,20H2,1H3. The van der Waals surface area contributed by atoms with Gasteiger partial charge in [0.15, 0.2) is 5.65 Å². The molecule has 0 aliphatic rings. The van der Waals surface area contributed by atoms with Crippen molar-refractivity contribution in [3.63, 3.8) is 0 Å². The van der Waals surface area contributed by atoms with E-state index in [4.69, 9.17) is 4.74 Å². The molecule has 0 aliphatic carbocycles. The summed E-state index contributed by atoms with van der Waals surface area (Å²) in [7, 11) is 0. The van der Waals surface area contributed by atoms with Crippen LogP contribution in [0.15, 0.2) is 90.1 Å². The summed E-state index contributed by atoms with van der Waals surface area (Å²) in [6.45, 7) is 2.49. The predicted octanol–water partition coefficient (Wildman–Crippen LogP) is 5.55. The van der Waals surface area contributed by atoms with E-state index < -0.39 is 29.9 Å². The third-order valence-corrected chi connectivity index (χ3v) is 6.86. The normalized spacial score (nSPS) is 11.5. The van der Waals surface area contributed by atoms with Crippen molar-refractivity contribution in [3.05, 3.63) is 124 Å². The molecule has 2 aromatic carbocycles. The lowest BCUT2D eigenvalue weighted by molar-refractivity contribution is -0.140. The minimum Gasteiger partial charge on any atom is -0.494 e. The van der Waals surface area contributed by atoms with E-state index in [1.54, 1.807) is 60.9 Å². The quantitative estimate of drug-likeness (QED) is 0.194. The molecule has 5 aromatic rings. The maximum Gasteiger partial charge on any atom is 0.419 e. The third kappa shape index (κ3) is 6.91. The van der Waals surface area contributed by atoms with Gasteiger partial charge in [-0.05, 0) is 72.6 Å². The Kier molecular flexibility index (Phi) is 8.98. The van der Waals surface area contributed by atoms with Gasteiger partial charge in [0.2, 0.25) is 5.91 Å². The number of carbonyl (C=O) groups excluding carboxylic acids is 1. The van der Waals surface area contributed by atoms with Crippen LogP contribution in [-0.2, 0) is 30.4 Å². The molecule has 0 unspecified atom stereocenters. The number of fused-ring (bicyclic) bond motifs is 1. The van der Waals surface area contributed by atoms with Crippen LogP contribution in [0, 0.1) is 5.82 Å². The molecule has 0 radical (unpaired) electrons. The molecule has 0 fully saturated rings. The van der Waals surface area contributed by atoms with Crippen LogP contribution in [0.5, 0.6) is 5.75 Å². The summed E-state index contributed by atoms with van der Waals surface area (Å²) < 4.78 is 60.8. The maximum absolute atomic E-state index is 13.9. The Hall–Kier alpha value is -5.13. The summed E-state index contributed by atoms with van der Waals surface area (Å²) in [5.74, 6) is -0.953. The van der Waals surface area contributed by atoms with Crippen molar-refractivity contribution in [1.82, 2.24) is 24.4 Å². The highest BCUT2D eigenvalue weighted by atomic mass is 19.4. The minimum absolute atomic E-state index is 0.0132. The molecule has 5 rings (SSSR count). The van der Waals surface area contributed by atoms with E-state index in [1.807, 2.05) is 6.92 Å². The molecule has 0 N–H and O–H groups in total. The molecular weight excluding hydrogens is 578 g/mol. The lowest BCUT2D eigenvalue weighted by atomic mass is 10.1. The van der Waals surface area contributed by atoms with Crippen molar-refractivity contribution in [2.24, 2.45) is 0 Å². The Balaban J connectivity index is 1.48. The van der Waals surface area contributed by atoms with Gasteiger partial charge in [-0.3, -0.25) is 19.1 Å². The number of pyridine rings is 2. The molecular formula is C32H27F4N5O3. The summed E-state index contributed by atoms with van der Waals surface area (Å²) in [6.07, 6.45) is -0.517. The molecule has 226 valence electrons. The zero-order valence-corrected chi connectivity index (χ0v) is 23.6. The number of aromatic nitrogens is 4. The van der Waals surface area contributed by atoms with Crippen LogP contribution >= 0.6 is 0 Å². The molecule has 3 aromatic heterocycles. The number of alkyl halides is 3. The first-order valence-electron chi connectivity index (χ1n) is 13.8. The summed E-state index contributed by atoms with van der Waals surface area (Å²) >= 11 is 0. The number of rotatable bonds is 10. The number of halogens is 4. The number of benzene rings is 2. The van der Waals surface area contributed by atoms with Gasteiger partial charge >= 0.3 is 6.18 Å². The second-order valence-corrected chi connectivity index (χ2v) is 9.89. The summed E-state index contributed by atoms with van der Waals surface area (Å²) in [4.78, 5) is 41.6. The highest BCUT2D eigenvalue weighted by molar-refractivity contribution is 5.79. The second kappa shape index (κ2) is 13.0. The van der Waals surface area contributed by atoms with Gasteiger partial charge in [-0.15, -0.1) is 0 Å². The molecule has 1 amide bonds. The zero-order chi connectivity index (χ0) is 31.3. The number of ether oxygens (including phenoxy) is 1. The van der Waals surface area contributed by atoms with Crippen LogP contribution in [0.2, 0.25) is 0 Å². The molecule has 0 aliphatic heterocycles. The van der Waals surface area contributed by atoms with Crippen molar-refractivity contribution in [2.45, 2.75) is 32.5 Å². The first-order chi connectivity index (χ1) is 21.1. The Labute approximate surface area is 249 Å². The van der Waals surface area contributed by atoms with Crippen LogP contribution in [-0.4, -0.2) is 43.5 Å². The predicted molar refractivity (Wildman–Crippen MR) is 155 cm³/mol. The average Bonchev–Trinajstić information content (AvgIpc) is 3.01. The summed E-state index contributed by atoms with van der Waals surface area (Å²) in [6, 6.07) is 16.2. The topological polar surface area (TPSA) is 90.2 Å². The molecule has 12 heteroatoms. The lowest BCUT2D eigenvalue weighted by Gasteiger charge is -2.24. The van der Waals surface area contributed by atoms with Crippen LogP contribution < -0.4 is 10.3 Å². The van der Waals surface area contributed by atoms with E-state index in [9.17, 15) is 27.2 Å². The largest absolute Gasteiger partial charge is 0.494 e. The van der Waals surface area contributed by atoms with Gasteiger partial charge in [0.1, 0.15) is 17.4 Å². The Bertz CT molecular complexity index is 1830. The number of hydrogen-bond acceptors (Lipinski definition) is 6. The Morgan fingerprint density at radius 1 is 1.00 bits per heavy atom. The van der Waals surface area contributed by atoms with E-state index in [2.05, 4.69) is 15.0 Å². The second-order valence-electron chi connectivity index (χ2n) is 9.89. The van der Waals surface area contributed by atoms with Gasteiger partial charge in [-0.1, -0.05) is 12.1 Å². The van der Waals surface area contributed by atoms with Crippen molar-refractivity contribution >= 4 is 16.9 Å². The highest BCUT2D eigenvalue weighted by Gasteiger charge is 2.34. The molecule has 0 saturated heterocycles. The van der Waals surface area contributed by atoms with Gasteiger partial charge in [-0.2, -0.15) is 13.2 Å². The number of nitrogens with zero attached hydrogens (tertiary/aromatic N) is 5.